The number of anilines is 3. The number of hydrogen-bond donors (Lipinski definition) is 2. The first-order valence-electron chi connectivity index (χ1n) is 9.85. The van der Waals surface area contributed by atoms with E-state index in [1.165, 1.54) is 24.1 Å². The Morgan fingerprint density at radius 1 is 1.19 bits per heavy atom. The zero-order valence-corrected chi connectivity index (χ0v) is 18.5. The largest absolute Gasteiger partial charge is 0.479 e. The van der Waals surface area contributed by atoms with Crippen LogP contribution >= 0.6 is 0 Å². The van der Waals surface area contributed by atoms with E-state index in [0.29, 0.717) is 22.6 Å². The molecule has 0 aliphatic carbocycles. The predicted octanol–water partition coefficient (Wildman–Crippen LogP) is 1.32. The van der Waals surface area contributed by atoms with Gasteiger partial charge in [0.25, 0.3) is 5.91 Å². The number of amides is 3. The van der Waals surface area contributed by atoms with Gasteiger partial charge >= 0.3 is 0 Å². The van der Waals surface area contributed by atoms with E-state index in [1.54, 1.807) is 38.1 Å². The van der Waals surface area contributed by atoms with Gasteiger partial charge in [-0.25, -0.2) is 8.42 Å². The normalized spacial score (nSPS) is 17.8. The number of fused-ring (bicyclic) bond motifs is 2. The Labute approximate surface area is 185 Å². The first kappa shape index (κ1) is 21.8. The van der Waals surface area contributed by atoms with Crippen LogP contribution in [0.15, 0.2) is 41.3 Å². The Morgan fingerprint density at radius 3 is 2.66 bits per heavy atom. The molecule has 0 saturated heterocycles. The van der Waals surface area contributed by atoms with E-state index in [2.05, 4.69) is 10.6 Å². The summed E-state index contributed by atoms with van der Waals surface area (Å²) in [6.07, 6.45) is -0.759. The number of nitrogens with one attached hydrogen (secondary N) is 2. The molecule has 0 radical (unpaired) electrons. The van der Waals surface area contributed by atoms with Crippen molar-refractivity contribution >= 4 is 44.8 Å². The molecule has 10 nitrogen and oxygen atoms in total. The molecule has 168 valence electrons. The van der Waals surface area contributed by atoms with Crippen LogP contribution in [0.5, 0.6) is 5.75 Å². The number of carbonyl (C=O) groups is 3. The quantitative estimate of drug-likeness (QED) is 0.712. The Kier molecular flexibility index (Phi) is 5.39. The number of aryl methyl sites for hydroxylation is 1. The molecule has 3 amide bonds. The van der Waals surface area contributed by atoms with E-state index in [9.17, 15) is 22.8 Å². The summed E-state index contributed by atoms with van der Waals surface area (Å²) in [5.41, 5.74) is 1.77. The third-order valence-electron chi connectivity index (χ3n) is 5.33. The maximum atomic E-state index is 13.2. The van der Waals surface area contributed by atoms with Crippen molar-refractivity contribution in [2.75, 3.05) is 35.7 Å². The van der Waals surface area contributed by atoms with E-state index in [-0.39, 0.29) is 29.0 Å². The third kappa shape index (κ3) is 3.80. The number of hydrogen-bond acceptors (Lipinski definition) is 6. The second-order valence-corrected chi connectivity index (χ2v) is 9.68. The molecule has 0 spiro atoms. The highest BCUT2D eigenvalue weighted by molar-refractivity contribution is 7.89. The zero-order chi connectivity index (χ0) is 23.2. The molecule has 2 aromatic carbocycles. The van der Waals surface area contributed by atoms with Crippen molar-refractivity contribution < 1.29 is 27.5 Å². The molecule has 0 saturated carbocycles. The van der Waals surface area contributed by atoms with Crippen molar-refractivity contribution in [2.45, 2.75) is 24.8 Å². The van der Waals surface area contributed by atoms with Gasteiger partial charge in [-0.3, -0.25) is 19.3 Å². The summed E-state index contributed by atoms with van der Waals surface area (Å²) in [7, 11) is -2.77. The summed E-state index contributed by atoms with van der Waals surface area (Å²) < 4.78 is 33.0. The number of para-hydroxylation sites is 2. The fourth-order valence-electron chi connectivity index (χ4n) is 3.61. The lowest BCUT2D eigenvalue weighted by atomic mass is 10.1. The Hall–Kier alpha value is -3.44. The molecule has 0 bridgehead atoms. The minimum Gasteiger partial charge on any atom is -0.479 e. The van der Waals surface area contributed by atoms with Gasteiger partial charge < -0.3 is 15.4 Å². The summed E-state index contributed by atoms with van der Waals surface area (Å²) >= 11 is 0. The van der Waals surface area contributed by atoms with Crippen molar-refractivity contribution in [2.24, 2.45) is 0 Å². The van der Waals surface area contributed by atoms with Gasteiger partial charge in [-0.2, -0.15) is 4.31 Å². The second-order valence-electron chi connectivity index (χ2n) is 7.67. The van der Waals surface area contributed by atoms with Crippen LogP contribution < -0.4 is 20.3 Å². The average molecular weight is 458 g/mol. The molecule has 2 heterocycles. The molecular weight excluding hydrogens is 436 g/mol. The Balaban J connectivity index is 1.59. The molecular formula is C21H22N4O6S. The van der Waals surface area contributed by atoms with Crippen LogP contribution in [-0.2, 0) is 24.4 Å². The van der Waals surface area contributed by atoms with Gasteiger partial charge in [0.05, 0.1) is 28.5 Å². The molecule has 32 heavy (non-hydrogen) atoms. The molecule has 0 fully saturated rings. The summed E-state index contributed by atoms with van der Waals surface area (Å²) in [6, 6.07) is 9.68. The Bertz CT molecular complexity index is 1240. The maximum Gasteiger partial charge on any atom is 0.265 e. The lowest BCUT2D eigenvalue weighted by Gasteiger charge is -2.30. The number of nitrogens with zero attached hydrogens (tertiary/aromatic N) is 2. The minimum atomic E-state index is -4.07. The van der Waals surface area contributed by atoms with Crippen LogP contribution in [0.25, 0.3) is 0 Å². The van der Waals surface area contributed by atoms with Gasteiger partial charge in [-0.05, 0) is 37.6 Å². The monoisotopic (exact) mass is 458 g/mol. The third-order valence-corrected chi connectivity index (χ3v) is 7.27. The van der Waals surface area contributed by atoms with Crippen molar-refractivity contribution in [3.05, 3.63) is 42.0 Å². The van der Waals surface area contributed by atoms with Gasteiger partial charge in [0, 0.05) is 13.1 Å². The highest BCUT2D eigenvalue weighted by Gasteiger charge is 2.32. The SMILES string of the molecule is Cc1cc2c(cc1S(=O)(=O)N(C)CC(=O)N1CC(=O)Nc3ccccc31)OC(C)C(=O)N2. The smallest absolute Gasteiger partial charge is 0.265 e. The zero-order valence-electron chi connectivity index (χ0n) is 17.7. The van der Waals surface area contributed by atoms with Gasteiger partial charge in [0.2, 0.25) is 21.8 Å². The maximum absolute atomic E-state index is 13.2. The van der Waals surface area contributed by atoms with Gasteiger partial charge in [-0.15, -0.1) is 0 Å². The van der Waals surface area contributed by atoms with E-state index >= 15 is 0 Å². The predicted molar refractivity (Wildman–Crippen MR) is 117 cm³/mol. The lowest BCUT2D eigenvalue weighted by Crippen LogP contribution is -2.47. The second kappa shape index (κ2) is 7.92. The summed E-state index contributed by atoms with van der Waals surface area (Å²) in [6.45, 7) is 2.49. The minimum absolute atomic E-state index is 0.0355. The van der Waals surface area contributed by atoms with Crippen LogP contribution in [0.4, 0.5) is 17.1 Å². The van der Waals surface area contributed by atoms with Gasteiger partial charge in [0.15, 0.2) is 6.10 Å². The molecule has 4 rings (SSSR count). The molecule has 2 aliphatic heterocycles. The van der Waals surface area contributed by atoms with Crippen molar-refractivity contribution in [3.8, 4) is 5.75 Å². The number of ether oxygens (including phenoxy) is 1. The Morgan fingerprint density at radius 2 is 1.91 bits per heavy atom. The molecule has 1 unspecified atom stereocenters. The topological polar surface area (TPSA) is 125 Å². The fourth-order valence-corrected chi connectivity index (χ4v) is 4.94. The highest BCUT2D eigenvalue weighted by atomic mass is 32.2. The van der Waals surface area contributed by atoms with Crippen molar-refractivity contribution in [1.29, 1.82) is 0 Å². The first-order valence-corrected chi connectivity index (χ1v) is 11.3. The van der Waals surface area contributed by atoms with Crippen LogP contribution in [-0.4, -0.2) is 56.7 Å². The van der Waals surface area contributed by atoms with Crippen LogP contribution in [0.3, 0.4) is 0 Å². The van der Waals surface area contributed by atoms with Crippen LogP contribution in [0.2, 0.25) is 0 Å². The molecule has 1 atom stereocenters. The molecule has 2 aromatic rings. The molecule has 11 heteroatoms. The van der Waals surface area contributed by atoms with E-state index in [4.69, 9.17) is 4.74 Å². The summed E-state index contributed by atoms with van der Waals surface area (Å²) in [5, 5.41) is 5.36. The summed E-state index contributed by atoms with van der Waals surface area (Å²) in [5.74, 6) is -0.976. The molecule has 0 aromatic heterocycles. The highest BCUT2D eigenvalue weighted by Crippen LogP contribution is 2.35. The number of rotatable bonds is 4. The average Bonchev–Trinajstić information content (AvgIpc) is 2.73. The number of sulfonamides is 1. The van der Waals surface area contributed by atoms with Crippen molar-refractivity contribution in [3.63, 3.8) is 0 Å². The fraction of sp³-hybridized carbons (Fsp3) is 0.286. The van der Waals surface area contributed by atoms with E-state index < -0.39 is 28.6 Å². The van der Waals surface area contributed by atoms with Crippen LogP contribution in [0.1, 0.15) is 12.5 Å². The van der Waals surface area contributed by atoms with Crippen molar-refractivity contribution in [1.82, 2.24) is 4.31 Å². The molecule has 2 N–H and O–H groups in total. The first-order chi connectivity index (χ1) is 15.1. The summed E-state index contributed by atoms with van der Waals surface area (Å²) in [4.78, 5) is 38.0. The van der Waals surface area contributed by atoms with Gasteiger partial charge in [-0.1, -0.05) is 12.1 Å². The standard InChI is InChI=1S/C21H22N4O6S/c1-12-8-15-17(31-13(2)21(28)23-15)9-18(12)32(29,30)24(3)11-20(27)25-10-19(26)22-14-6-4-5-7-16(14)25/h4-9,13H,10-11H2,1-3H3,(H,22,26)(H,23,28). The number of carbonyl (C=O) groups excluding carboxylic acids is 3. The lowest BCUT2D eigenvalue weighted by molar-refractivity contribution is -0.122. The van der Waals surface area contributed by atoms with Crippen LogP contribution in [0, 0.1) is 6.92 Å². The van der Waals surface area contributed by atoms with Gasteiger partial charge in [0.1, 0.15) is 12.3 Å². The van der Waals surface area contributed by atoms with E-state index in [1.807, 2.05) is 0 Å². The molecule has 2 aliphatic rings. The number of likely N-dealkylation sites (N-methyl/N-ethyl adjacent to an activating group) is 1. The number of benzene rings is 2. The van der Waals surface area contributed by atoms with E-state index in [0.717, 1.165) is 4.31 Å².